The van der Waals surface area contributed by atoms with Crippen LogP contribution in [-0.2, 0) is 16.1 Å². The van der Waals surface area contributed by atoms with E-state index < -0.39 is 0 Å². The molecule has 0 spiro atoms. The summed E-state index contributed by atoms with van der Waals surface area (Å²) in [4.78, 5) is 15.7. The van der Waals surface area contributed by atoms with Gasteiger partial charge in [0.05, 0.1) is 12.6 Å². The Hall–Kier alpha value is -0.980. The van der Waals surface area contributed by atoms with Crippen molar-refractivity contribution >= 4 is 21.8 Å². The average molecular weight is 316 g/mol. The number of nitrogens with zero attached hydrogens (tertiary/aromatic N) is 1. The molecule has 1 atom stereocenters. The van der Waals surface area contributed by atoms with Gasteiger partial charge in [0.15, 0.2) is 0 Å². The van der Waals surface area contributed by atoms with Crippen LogP contribution in [0.2, 0.25) is 0 Å². The van der Waals surface area contributed by atoms with Crippen LogP contribution in [-0.4, -0.2) is 37.2 Å². The van der Waals surface area contributed by atoms with Crippen molar-refractivity contribution in [1.29, 1.82) is 0 Å². The van der Waals surface area contributed by atoms with Crippen LogP contribution in [0.15, 0.2) is 22.9 Å². The highest BCUT2D eigenvalue weighted by atomic mass is 79.9. The lowest BCUT2D eigenvalue weighted by atomic mass is 10.2. The van der Waals surface area contributed by atoms with Crippen LogP contribution in [0.5, 0.6) is 0 Å². The van der Waals surface area contributed by atoms with Crippen molar-refractivity contribution in [3.05, 3.63) is 28.5 Å². The molecule has 1 unspecified atom stereocenters. The molecule has 1 heterocycles. The third-order valence-corrected chi connectivity index (χ3v) is 2.81. The first-order valence-corrected chi connectivity index (χ1v) is 6.52. The van der Waals surface area contributed by atoms with E-state index in [9.17, 15) is 4.79 Å². The molecule has 0 aliphatic heterocycles. The van der Waals surface area contributed by atoms with Crippen molar-refractivity contribution < 1.29 is 9.53 Å². The van der Waals surface area contributed by atoms with Crippen LogP contribution in [0.4, 0.5) is 0 Å². The van der Waals surface area contributed by atoms with Gasteiger partial charge in [0.2, 0.25) is 5.91 Å². The molecule has 1 aromatic heterocycles. The van der Waals surface area contributed by atoms with Crippen molar-refractivity contribution in [2.75, 3.05) is 20.3 Å². The van der Waals surface area contributed by atoms with Crippen molar-refractivity contribution in [2.45, 2.75) is 19.5 Å². The van der Waals surface area contributed by atoms with Gasteiger partial charge in [-0.25, -0.2) is 0 Å². The highest BCUT2D eigenvalue weighted by molar-refractivity contribution is 9.10. The predicted molar refractivity (Wildman–Crippen MR) is 73.1 cm³/mol. The third-order valence-electron chi connectivity index (χ3n) is 2.37. The minimum atomic E-state index is -0.249. The molecule has 2 N–H and O–H groups in total. The summed E-state index contributed by atoms with van der Waals surface area (Å²) < 4.78 is 5.80. The van der Waals surface area contributed by atoms with Crippen molar-refractivity contribution in [3.63, 3.8) is 0 Å². The molecule has 0 saturated heterocycles. The van der Waals surface area contributed by atoms with E-state index >= 15 is 0 Å². The summed E-state index contributed by atoms with van der Waals surface area (Å²) in [6.07, 6.45) is 3.50. The largest absolute Gasteiger partial charge is 0.383 e. The molecule has 0 fully saturated rings. The van der Waals surface area contributed by atoms with Crippen LogP contribution in [0.1, 0.15) is 12.5 Å². The summed E-state index contributed by atoms with van der Waals surface area (Å²) in [5.74, 6) is -0.0324. The van der Waals surface area contributed by atoms with Gasteiger partial charge in [0.25, 0.3) is 0 Å². The zero-order chi connectivity index (χ0) is 13.4. The Morgan fingerprint density at radius 3 is 3.00 bits per heavy atom. The number of hydrogen-bond donors (Lipinski definition) is 2. The van der Waals surface area contributed by atoms with Crippen LogP contribution in [0.3, 0.4) is 0 Å². The third kappa shape index (κ3) is 5.57. The predicted octanol–water partition coefficient (Wildman–Crippen LogP) is 1.08. The van der Waals surface area contributed by atoms with E-state index in [2.05, 4.69) is 31.5 Å². The first-order chi connectivity index (χ1) is 8.63. The fourth-order valence-electron chi connectivity index (χ4n) is 1.35. The minimum Gasteiger partial charge on any atom is -0.383 e. The number of rotatable bonds is 7. The monoisotopic (exact) mass is 315 g/mol. The van der Waals surface area contributed by atoms with Gasteiger partial charge in [0, 0.05) is 37.1 Å². The van der Waals surface area contributed by atoms with Crippen LogP contribution in [0.25, 0.3) is 0 Å². The molecular formula is C12H18BrN3O2. The zero-order valence-corrected chi connectivity index (χ0v) is 12.2. The number of carbonyl (C=O) groups is 1. The molecule has 0 radical (unpaired) electrons. The summed E-state index contributed by atoms with van der Waals surface area (Å²) in [7, 11) is 1.61. The van der Waals surface area contributed by atoms with Gasteiger partial charge in [-0.1, -0.05) is 0 Å². The van der Waals surface area contributed by atoms with Crippen molar-refractivity contribution in [1.82, 2.24) is 15.6 Å². The molecule has 1 aromatic rings. The van der Waals surface area contributed by atoms with Gasteiger partial charge >= 0.3 is 0 Å². The SMILES string of the molecule is COCCNC(=O)C(C)NCc1cncc(Br)c1. The molecule has 0 aromatic carbocycles. The molecule has 18 heavy (non-hydrogen) atoms. The van der Waals surface area contributed by atoms with Gasteiger partial charge < -0.3 is 15.4 Å². The first-order valence-electron chi connectivity index (χ1n) is 5.73. The van der Waals surface area contributed by atoms with Gasteiger partial charge in [-0.05, 0) is 34.5 Å². The van der Waals surface area contributed by atoms with Gasteiger partial charge in [-0.15, -0.1) is 0 Å². The molecule has 0 aliphatic carbocycles. The van der Waals surface area contributed by atoms with Crippen LogP contribution >= 0.6 is 15.9 Å². The fraction of sp³-hybridized carbons (Fsp3) is 0.500. The Labute approximate surface area is 115 Å². The Kier molecular flexibility index (Phi) is 6.85. The molecule has 1 rings (SSSR count). The lowest BCUT2D eigenvalue weighted by Gasteiger charge is -2.13. The van der Waals surface area contributed by atoms with E-state index in [0.29, 0.717) is 19.7 Å². The van der Waals surface area contributed by atoms with Crippen molar-refractivity contribution in [3.8, 4) is 0 Å². The second-order valence-electron chi connectivity index (χ2n) is 3.90. The molecule has 0 bridgehead atoms. The number of carbonyl (C=O) groups excluding carboxylic acids is 1. The topological polar surface area (TPSA) is 63.2 Å². The Bertz CT molecular complexity index is 387. The smallest absolute Gasteiger partial charge is 0.236 e. The van der Waals surface area contributed by atoms with E-state index in [0.717, 1.165) is 10.0 Å². The Morgan fingerprint density at radius 1 is 1.56 bits per heavy atom. The van der Waals surface area contributed by atoms with Crippen molar-refractivity contribution in [2.24, 2.45) is 0 Å². The Morgan fingerprint density at radius 2 is 2.33 bits per heavy atom. The van der Waals surface area contributed by atoms with Gasteiger partial charge in [0.1, 0.15) is 0 Å². The maximum Gasteiger partial charge on any atom is 0.236 e. The fourth-order valence-corrected chi connectivity index (χ4v) is 1.76. The minimum absolute atomic E-state index is 0.0324. The number of pyridine rings is 1. The quantitative estimate of drug-likeness (QED) is 0.739. The number of halogens is 1. The number of hydrogen-bond acceptors (Lipinski definition) is 4. The normalized spacial score (nSPS) is 12.2. The van der Waals surface area contributed by atoms with E-state index in [1.165, 1.54) is 0 Å². The standard InChI is InChI=1S/C12H18BrN3O2/c1-9(12(17)15-3-4-18-2)16-7-10-5-11(13)8-14-6-10/h5-6,8-9,16H,3-4,7H2,1-2H3,(H,15,17). The van der Waals surface area contributed by atoms with Gasteiger partial charge in [-0.2, -0.15) is 0 Å². The number of methoxy groups -OCH3 is 1. The van der Waals surface area contributed by atoms with E-state index in [1.54, 1.807) is 19.5 Å². The molecular weight excluding hydrogens is 298 g/mol. The second kappa shape index (κ2) is 8.18. The Balaban J connectivity index is 2.32. The molecule has 5 nitrogen and oxygen atoms in total. The number of nitrogens with one attached hydrogen (secondary N) is 2. The summed E-state index contributed by atoms with van der Waals surface area (Å²) in [6, 6.07) is 1.72. The lowest BCUT2D eigenvalue weighted by molar-refractivity contribution is -0.122. The maximum atomic E-state index is 11.7. The average Bonchev–Trinajstić information content (AvgIpc) is 2.36. The zero-order valence-electron chi connectivity index (χ0n) is 10.6. The van der Waals surface area contributed by atoms with E-state index in [1.807, 2.05) is 13.0 Å². The van der Waals surface area contributed by atoms with E-state index in [-0.39, 0.29) is 11.9 Å². The molecule has 1 amide bonds. The first kappa shape index (κ1) is 15.1. The highest BCUT2D eigenvalue weighted by Gasteiger charge is 2.11. The summed E-state index contributed by atoms with van der Waals surface area (Å²) in [5, 5.41) is 5.92. The van der Waals surface area contributed by atoms with Crippen LogP contribution in [0, 0.1) is 0 Å². The number of ether oxygens (including phenoxy) is 1. The lowest BCUT2D eigenvalue weighted by Crippen LogP contribution is -2.42. The molecule has 0 aliphatic rings. The molecule has 6 heteroatoms. The maximum absolute atomic E-state index is 11.7. The molecule has 100 valence electrons. The van der Waals surface area contributed by atoms with E-state index in [4.69, 9.17) is 4.74 Å². The number of aromatic nitrogens is 1. The summed E-state index contributed by atoms with van der Waals surface area (Å²) in [5.41, 5.74) is 1.03. The van der Waals surface area contributed by atoms with Gasteiger partial charge in [-0.3, -0.25) is 9.78 Å². The summed E-state index contributed by atoms with van der Waals surface area (Å²) in [6.45, 7) is 3.48. The molecule has 0 saturated carbocycles. The number of amides is 1. The second-order valence-corrected chi connectivity index (χ2v) is 4.81. The highest BCUT2D eigenvalue weighted by Crippen LogP contribution is 2.09. The van der Waals surface area contributed by atoms with Crippen LogP contribution < -0.4 is 10.6 Å². The summed E-state index contributed by atoms with van der Waals surface area (Å²) >= 11 is 3.36.